The van der Waals surface area contributed by atoms with Crippen molar-refractivity contribution in [1.82, 2.24) is 0 Å². The van der Waals surface area contributed by atoms with Crippen LogP contribution in [0.3, 0.4) is 0 Å². The third kappa shape index (κ3) is 9.60. The van der Waals surface area contributed by atoms with Crippen molar-refractivity contribution >= 4 is 18.4 Å². The van der Waals surface area contributed by atoms with Gasteiger partial charge in [-0.25, -0.2) is 0 Å². The molecule has 0 saturated carbocycles. The fraction of sp³-hybridized carbons (Fsp3) is 0.875. The number of nitrogens with zero attached hydrogens (tertiary/aromatic N) is 1. The molecule has 0 aliphatic carbocycles. The second kappa shape index (κ2) is 6.18. The van der Waals surface area contributed by atoms with Crippen LogP contribution in [0.25, 0.3) is 0 Å². The van der Waals surface area contributed by atoms with Crippen LogP contribution in [0.5, 0.6) is 0 Å². The zero-order chi connectivity index (χ0) is 9.78. The van der Waals surface area contributed by atoms with Crippen molar-refractivity contribution in [2.24, 2.45) is 0 Å². The fourth-order valence-corrected chi connectivity index (χ4v) is 1.03. The Morgan fingerprint density at radius 3 is 2.15 bits per heavy atom. The lowest BCUT2D eigenvalue weighted by Gasteiger charge is -2.27. The van der Waals surface area contributed by atoms with Crippen LogP contribution < -0.4 is 0 Å². The molecule has 0 aliphatic heterocycles. The molecular formula is C8H19ClNO3+. The lowest BCUT2D eigenvalue weighted by molar-refractivity contribution is -0.873. The van der Waals surface area contributed by atoms with E-state index in [0.29, 0.717) is 11.0 Å². The molecule has 80 valence electrons. The van der Waals surface area contributed by atoms with Crippen LogP contribution >= 0.6 is 12.4 Å². The molecule has 0 aliphatic rings. The van der Waals surface area contributed by atoms with Gasteiger partial charge < -0.3 is 14.3 Å². The first-order valence-corrected chi connectivity index (χ1v) is 3.90. The molecule has 0 bridgehead atoms. The second-order valence-electron chi connectivity index (χ2n) is 3.93. The number of carbonyl (C=O) groups is 1. The SMILES string of the molecule is CO[C@H](CC(=O)O)C[N+](C)(C)C.Cl. The summed E-state index contributed by atoms with van der Waals surface area (Å²) in [7, 11) is 7.57. The number of hydrogen-bond donors (Lipinski definition) is 1. The first-order chi connectivity index (χ1) is 5.35. The van der Waals surface area contributed by atoms with Gasteiger partial charge in [0.05, 0.1) is 27.6 Å². The van der Waals surface area contributed by atoms with Crippen LogP contribution in [0, 0.1) is 0 Å². The van der Waals surface area contributed by atoms with Crippen molar-refractivity contribution in [3.63, 3.8) is 0 Å². The average Bonchev–Trinajstić information content (AvgIpc) is 1.82. The molecule has 0 saturated heterocycles. The predicted octanol–water partition coefficient (Wildman–Crippen LogP) is 0.604. The van der Waals surface area contributed by atoms with Gasteiger partial charge in [-0.05, 0) is 0 Å². The quantitative estimate of drug-likeness (QED) is 0.680. The minimum Gasteiger partial charge on any atom is -0.481 e. The summed E-state index contributed by atoms with van der Waals surface area (Å²) in [5.41, 5.74) is 0. The van der Waals surface area contributed by atoms with Gasteiger partial charge in [-0.1, -0.05) is 0 Å². The molecule has 0 heterocycles. The highest BCUT2D eigenvalue weighted by molar-refractivity contribution is 5.85. The summed E-state index contributed by atoms with van der Waals surface area (Å²) in [5, 5.41) is 8.52. The third-order valence-corrected chi connectivity index (χ3v) is 1.49. The smallest absolute Gasteiger partial charge is 0.306 e. The fourth-order valence-electron chi connectivity index (χ4n) is 1.03. The molecule has 0 aromatic heterocycles. The van der Waals surface area contributed by atoms with E-state index in [0.717, 1.165) is 0 Å². The van der Waals surface area contributed by atoms with Gasteiger partial charge in [-0.2, -0.15) is 0 Å². The van der Waals surface area contributed by atoms with Crippen LogP contribution in [0.2, 0.25) is 0 Å². The molecule has 0 spiro atoms. The van der Waals surface area contributed by atoms with Crippen LogP contribution in [0.15, 0.2) is 0 Å². The minimum absolute atomic E-state index is 0. The van der Waals surface area contributed by atoms with E-state index in [2.05, 4.69) is 0 Å². The standard InChI is InChI=1S/C8H17NO3.ClH/c1-9(2,3)6-7(12-4)5-8(10)11;/h7H,5-6H2,1-4H3;1H/p+1/t7-;/m1./s1. The van der Waals surface area contributed by atoms with Crippen LogP contribution in [0.4, 0.5) is 0 Å². The Hall–Kier alpha value is -0.320. The summed E-state index contributed by atoms with van der Waals surface area (Å²) in [4.78, 5) is 10.4. The van der Waals surface area contributed by atoms with Gasteiger partial charge in [0.1, 0.15) is 12.6 Å². The predicted molar refractivity (Wildman–Crippen MR) is 53.2 cm³/mol. The lowest BCUT2D eigenvalue weighted by atomic mass is 10.2. The Balaban J connectivity index is 0. The molecule has 1 N–H and O–H groups in total. The summed E-state index contributed by atoms with van der Waals surface area (Å²) in [6.07, 6.45) is -0.117. The summed E-state index contributed by atoms with van der Waals surface area (Å²) in [6, 6.07) is 0. The maximum atomic E-state index is 10.4. The summed E-state index contributed by atoms with van der Waals surface area (Å²) < 4.78 is 5.75. The Bertz CT molecular complexity index is 156. The summed E-state index contributed by atoms with van der Waals surface area (Å²) in [5.74, 6) is -0.810. The number of methoxy groups -OCH3 is 1. The van der Waals surface area contributed by atoms with Gasteiger partial charge in [0.25, 0.3) is 0 Å². The number of carboxylic acid groups (broad SMARTS) is 1. The van der Waals surface area contributed by atoms with Crippen molar-refractivity contribution < 1.29 is 19.1 Å². The Morgan fingerprint density at radius 2 is 1.92 bits per heavy atom. The monoisotopic (exact) mass is 212 g/mol. The van der Waals surface area contributed by atoms with E-state index in [4.69, 9.17) is 9.84 Å². The number of likely N-dealkylation sites (N-methyl/N-ethyl adjacent to an activating group) is 1. The van der Waals surface area contributed by atoms with Gasteiger partial charge in [-0.15, -0.1) is 12.4 Å². The highest BCUT2D eigenvalue weighted by Crippen LogP contribution is 2.02. The van der Waals surface area contributed by atoms with E-state index in [1.807, 2.05) is 21.1 Å². The van der Waals surface area contributed by atoms with E-state index in [1.54, 1.807) is 7.11 Å². The number of halogens is 1. The minimum atomic E-state index is -0.810. The number of carboxylic acids is 1. The molecule has 0 amide bonds. The number of aliphatic carboxylic acids is 1. The second-order valence-corrected chi connectivity index (χ2v) is 3.93. The van der Waals surface area contributed by atoms with E-state index in [-0.39, 0.29) is 24.9 Å². The number of ether oxygens (including phenoxy) is 1. The molecule has 0 aromatic carbocycles. The number of quaternary nitrogens is 1. The van der Waals surface area contributed by atoms with Gasteiger partial charge in [0, 0.05) is 7.11 Å². The Morgan fingerprint density at radius 1 is 1.46 bits per heavy atom. The van der Waals surface area contributed by atoms with Crippen LogP contribution in [0.1, 0.15) is 6.42 Å². The average molecular weight is 213 g/mol. The molecule has 0 radical (unpaired) electrons. The normalized spacial score (nSPS) is 13.2. The summed E-state index contributed by atoms with van der Waals surface area (Å²) in [6.45, 7) is 0.711. The topological polar surface area (TPSA) is 46.5 Å². The van der Waals surface area contributed by atoms with Crippen molar-refractivity contribution in [1.29, 1.82) is 0 Å². The lowest BCUT2D eigenvalue weighted by Crippen LogP contribution is -2.42. The first-order valence-electron chi connectivity index (χ1n) is 3.90. The summed E-state index contributed by atoms with van der Waals surface area (Å²) >= 11 is 0. The molecular weight excluding hydrogens is 194 g/mol. The van der Waals surface area contributed by atoms with Crippen LogP contribution in [-0.2, 0) is 9.53 Å². The zero-order valence-electron chi connectivity index (χ0n) is 8.61. The molecule has 1 atom stereocenters. The largest absolute Gasteiger partial charge is 0.481 e. The Kier molecular flexibility index (Phi) is 7.21. The van der Waals surface area contributed by atoms with E-state index < -0.39 is 5.97 Å². The van der Waals surface area contributed by atoms with Gasteiger partial charge >= 0.3 is 5.97 Å². The first kappa shape index (κ1) is 15.2. The molecule has 0 unspecified atom stereocenters. The molecule has 0 rings (SSSR count). The maximum Gasteiger partial charge on any atom is 0.306 e. The molecule has 5 heteroatoms. The van der Waals surface area contributed by atoms with Gasteiger partial charge in [-0.3, -0.25) is 4.79 Å². The van der Waals surface area contributed by atoms with Crippen molar-refractivity contribution in [2.75, 3.05) is 34.8 Å². The molecule has 0 aromatic rings. The van der Waals surface area contributed by atoms with E-state index >= 15 is 0 Å². The number of hydrogen-bond acceptors (Lipinski definition) is 2. The Labute approximate surface area is 85.5 Å². The zero-order valence-corrected chi connectivity index (χ0v) is 9.43. The van der Waals surface area contributed by atoms with Crippen molar-refractivity contribution in [2.45, 2.75) is 12.5 Å². The van der Waals surface area contributed by atoms with E-state index in [9.17, 15) is 4.79 Å². The van der Waals surface area contributed by atoms with Crippen LogP contribution in [-0.4, -0.2) is 56.5 Å². The highest BCUT2D eigenvalue weighted by atomic mass is 35.5. The number of rotatable bonds is 5. The highest BCUT2D eigenvalue weighted by Gasteiger charge is 2.19. The molecule has 13 heavy (non-hydrogen) atoms. The van der Waals surface area contributed by atoms with E-state index in [1.165, 1.54) is 0 Å². The third-order valence-electron chi connectivity index (χ3n) is 1.49. The maximum absolute atomic E-state index is 10.4. The van der Waals surface area contributed by atoms with Gasteiger partial charge in [0.15, 0.2) is 0 Å². The molecule has 4 nitrogen and oxygen atoms in total. The van der Waals surface area contributed by atoms with Crippen molar-refractivity contribution in [3.05, 3.63) is 0 Å². The molecule has 0 fully saturated rings. The van der Waals surface area contributed by atoms with Gasteiger partial charge in [0.2, 0.25) is 0 Å². The van der Waals surface area contributed by atoms with Crippen molar-refractivity contribution in [3.8, 4) is 0 Å².